The molecule has 0 aliphatic rings. The topological polar surface area (TPSA) is 50.1 Å². The van der Waals surface area contributed by atoms with Gasteiger partial charge in [0.1, 0.15) is 11.5 Å². The van der Waals surface area contributed by atoms with E-state index in [9.17, 15) is 4.79 Å². The maximum atomic E-state index is 11.7. The van der Waals surface area contributed by atoms with Crippen LogP contribution in [0.2, 0.25) is 0 Å². The summed E-state index contributed by atoms with van der Waals surface area (Å²) in [7, 11) is 0. The molecular formula is C14H17NO2. The maximum absolute atomic E-state index is 11.7. The van der Waals surface area contributed by atoms with Crippen LogP contribution in [0.1, 0.15) is 26.3 Å². The highest BCUT2D eigenvalue weighted by Crippen LogP contribution is 2.14. The Morgan fingerprint density at radius 2 is 1.94 bits per heavy atom. The van der Waals surface area contributed by atoms with Crippen LogP contribution in [0.4, 0.5) is 0 Å². The van der Waals surface area contributed by atoms with Crippen molar-refractivity contribution in [1.82, 2.24) is 0 Å². The van der Waals surface area contributed by atoms with Gasteiger partial charge >= 0.3 is 5.97 Å². The monoisotopic (exact) mass is 231 g/mol. The first-order valence-electron chi connectivity index (χ1n) is 5.59. The summed E-state index contributed by atoms with van der Waals surface area (Å²) in [6.45, 7) is 5.38. The molecule has 0 bridgehead atoms. The van der Waals surface area contributed by atoms with E-state index in [1.807, 2.05) is 36.4 Å². The number of nitrogens with zero attached hydrogens (tertiary/aromatic N) is 1. The van der Waals surface area contributed by atoms with Crippen LogP contribution in [0, 0.1) is 17.2 Å². The van der Waals surface area contributed by atoms with Gasteiger partial charge in [0.15, 0.2) is 0 Å². The average Bonchev–Trinajstić information content (AvgIpc) is 2.24. The Labute approximate surface area is 102 Å². The van der Waals surface area contributed by atoms with Gasteiger partial charge in [-0.15, -0.1) is 0 Å². The summed E-state index contributed by atoms with van der Waals surface area (Å²) in [5, 5.41) is 9.00. The summed E-state index contributed by atoms with van der Waals surface area (Å²) in [6, 6.07) is 11.5. The zero-order chi connectivity index (χ0) is 12.9. The quantitative estimate of drug-likeness (QED) is 0.751. The van der Waals surface area contributed by atoms with Gasteiger partial charge in [-0.05, 0) is 32.8 Å². The van der Waals surface area contributed by atoms with Crippen molar-refractivity contribution in [1.29, 1.82) is 5.26 Å². The Bertz CT molecular complexity index is 412. The molecule has 1 aromatic carbocycles. The molecule has 0 radical (unpaired) electrons. The van der Waals surface area contributed by atoms with E-state index in [0.717, 1.165) is 5.56 Å². The van der Waals surface area contributed by atoms with Crippen LogP contribution in [-0.2, 0) is 16.0 Å². The summed E-state index contributed by atoms with van der Waals surface area (Å²) in [5.74, 6) is -1.19. The zero-order valence-electron chi connectivity index (χ0n) is 10.4. The third-order valence-electron chi connectivity index (χ3n) is 2.13. The standard InChI is InChI=1S/C14H17NO2/c1-14(2,3)17-13(16)12(10-15)9-11-7-5-4-6-8-11/h4-8,12H,9H2,1-3H3. The summed E-state index contributed by atoms with van der Waals surface area (Å²) in [6.07, 6.45) is 0.395. The van der Waals surface area contributed by atoms with Gasteiger partial charge in [0, 0.05) is 0 Å². The van der Waals surface area contributed by atoms with E-state index >= 15 is 0 Å². The van der Waals surface area contributed by atoms with E-state index < -0.39 is 17.5 Å². The first kappa shape index (κ1) is 13.2. The second kappa shape index (κ2) is 5.49. The predicted octanol–water partition coefficient (Wildman–Crippen LogP) is 2.71. The molecule has 17 heavy (non-hydrogen) atoms. The summed E-state index contributed by atoms with van der Waals surface area (Å²) in [4.78, 5) is 11.7. The number of nitriles is 1. The number of hydrogen-bond donors (Lipinski definition) is 0. The van der Waals surface area contributed by atoms with Crippen LogP contribution in [0.3, 0.4) is 0 Å². The van der Waals surface area contributed by atoms with Crippen molar-refractivity contribution in [3.63, 3.8) is 0 Å². The fraction of sp³-hybridized carbons (Fsp3) is 0.429. The van der Waals surface area contributed by atoms with Crippen molar-refractivity contribution >= 4 is 5.97 Å². The normalized spacial score (nSPS) is 12.6. The van der Waals surface area contributed by atoms with Crippen LogP contribution in [0.5, 0.6) is 0 Å². The molecule has 0 saturated carbocycles. The largest absolute Gasteiger partial charge is 0.459 e. The Hall–Kier alpha value is -1.82. The van der Waals surface area contributed by atoms with Crippen LogP contribution < -0.4 is 0 Å². The summed E-state index contributed by atoms with van der Waals surface area (Å²) < 4.78 is 5.20. The Morgan fingerprint density at radius 1 is 1.35 bits per heavy atom. The van der Waals surface area contributed by atoms with E-state index in [-0.39, 0.29) is 0 Å². The fourth-order valence-electron chi connectivity index (χ4n) is 1.40. The maximum Gasteiger partial charge on any atom is 0.324 e. The molecule has 1 unspecified atom stereocenters. The number of ether oxygens (including phenoxy) is 1. The van der Waals surface area contributed by atoms with Crippen molar-refractivity contribution in [3.05, 3.63) is 35.9 Å². The van der Waals surface area contributed by atoms with Gasteiger partial charge in [-0.25, -0.2) is 0 Å². The molecule has 0 heterocycles. The van der Waals surface area contributed by atoms with Gasteiger partial charge in [0.25, 0.3) is 0 Å². The second-order valence-electron chi connectivity index (χ2n) is 4.90. The zero-order valence-corrected chi connectivity index (χ0v) is 10.4. The lowest BCUT2D eigenvalue weighted by atomic mass is 10.0. The van der Waals surface area contributed by atoms with Crippen molar-refractivity contribution in [2.75, 3.05) is 0 Å². The predicted molar refractivity (Wildman–Crippen MR) is 65.1 cm³/mol. The number of esters is 1. The molecule has 1 aromatic rings. The van der Waals surface area contributed by atoms with E-state index in [4.69, 9.17) is 10.00 Å². The molecule has 1 atom stereocenters. The lowest BCUT2D eigenvalue weighted by Gasteiger charge is -2.21. The van der Waals surface area contributed by atoms with Crippen LogP contribution in [0.25, 0.3) is 0 Å². The molecule has 0 amide bonds. The van der Waals surface area contributed by atoms with E-state index in [0.29, 0.717) is 6.42 Å². The Balaban J connectivity index is 2.68. The van der Waals surface area contributed by atoms with E-state index in [2.05, 4.69) is 0 Å². The molecule has 0 spiro atoms. The minimum atomic E-state index is -0.739. The number of carbonyl (C=O) groups is 1. The number of benzene rings is 1. The van der Waals surface area contributed by atoms with Gasteiger partial charge in [-0.3, -0.25) is 4.79 Å². The lowest BCUT2D eigenvalue weighted by molar-refractivity contribution is -0.157. The molecule has 0 aliphatic heterocycles. The van der Waals surface area contributed by atoms with Gasteiger partial charge < -0.3 is 4.74 Å². The van der Waals surface area contributed by atoms with Crippen molar-refractivity contribution in [3.8, 4) is 6.07 Å². The molecular weight excluding hydrogens is 214 g/mol. The molecule has 0 aliphatic carbocycles. The summed E-state index contributed by atoms with van der Waals surface area (Å²) in [5.41, 5.74) is 0.410. The van der Waals surface area contributed by atoms with Crippen molar-refractivity contribution in [2.45, 2.75) is 32.8 Å². The minimum absolute atomic E-state index is 0.395. The first-order chi connectivity index (χ1) is 7.92. The molecule has 0 saturated heterocycles. The van der Waals surface area contributed by atoms with Crippen molar-refractivity contribution in [2.24, 2.45) is 5.92 Å². The Morgan fingerprint density at radius 3 is 2.41 bits per heavy atom. The lowest BCUT2D eigenvalue weighted by Crippen LogP contribution is -2.29. The highest BCUT2D eigenvalue weighted by atomic mass is 16.6. The van der Waals surface area contributed by atoms with E-state index in [1.54, 1.807) is 20.8 Å². The second-order valence-corrected chi connectivity index (χ2v) is 4.90. The fourth-order valence-corrected chi connectivity index (χ4v) is 1.40. The van der Waals surface area contributed by atoms with Gasteiger partial charge in [0.05, 0.1) is 6.07 Å². The van der Waals surface area contributed by atoms with Crippen molar-refractivity contribution < 1.29 is 9.53 Å². The van der Waals surface area contributed by atoms with E-state index in [1.165, 1.54) is 0 Å². The SMILES string of the molecule is CC(C)(C)OC(=O)C(C#N)Cc1ccccc1. The van der Waals surface area contributed by atoms with Gasteiger partial charge in [0.2, 0.25) is 0 Å². The molecule has 0 fully saturated rings. The van der Waals surface area contributed by atoms with Crippen LogP contribution in [-0.4, -0.2) is 11.6 Å². The highest BCUT2D eigenvalue weighted by molar-refractivity contribution is 5.76. The third kappa shape index (κ3) is 4.69. The number of rotatable bonds is 3. The number of hydrogen-bond acceptors (Lipinski definition) is 3. The molecule has 1 rings (SSSR count). The minimum Gasteiger partial charge on any atom is -0.459 e. The Kier molecular flexibility index (Phi) is 4.28. The third-order valence-corrected chi connectivity index (χ3v) is 2.13. The average molecular weight is 231 g/mol. The smallest absolute Gasteiger partial charge is 0.324 e. The molecule has 90 valence electrons. The number of carbonyl (C=O) groups excluding carboxylic acids is 1. The van der Waals surface area contributed by atoms with Crippen LogP contribution in [0.15, 0.2) is 30.3 Å². The van der Waals surface area contributed by atoms with Gasteiger partial charge in [-0.2, -0.15) is 5.26 Å². The molecule has 3 heteroatoms. The van der Waals surface area contributed by atoms with Gasteiger partial charge in [-0.1, -0.05) is 30.3 Å². The molecule has 3 nitrogen and oxygen atoms in total. The highest BCUT2D eigenvalue weighted by Gasteiger charge is 2.25. The van der Waals surface area contributed by atoms with Crippen LogP contribution >= 0.6 is 0 Å². The first-order valence-corrected chi connectivity index (χ1v) is 5.59. The summed E-state index contributed by atoms with van der Waals surface area (Å²) >= 11 is 0. The molecule has 0 aromatic heterocycles. The molecule has 0 N–H and O–H groups in total.